The Morgan fingerprint density at radius 1 is 1.24 bits per heavy atom. The number of carbonyl (C=O) groups is 1. The normalized spacial score (nSPS) is 44.9. The first-order valence-corrected chi connectivity index (χ1v) is 11.9. The number of allylic oxidation sites excluding steroid dienone is 1. The zero-order valence-electron chi connectivity index (χ0n) is 18.5. The molecule has 8 atom stereocenters. The Hall–Kier alpha value is -0.870. The predicted molar refractivity (Wildman–Crippen MR) is 113 cm³/mol. The largest absolute Gasteiger partial charge is 0.469 e. The molecule has 0 saturated heterocycles. The van der Waals surface area contributed by atoms with E-state index in [9.17, 15) is 15.0 Å². The van der Waals surface area contributed by atoms with E-state index in [1.807, 2.05) is 0 Å². The summed E-state index contributed by atoms with van der Waals surface area (Å²) in [5.74, 6) is 3.10. The first-order chi connectivity index (χ1) is 13.9. The Labute approximate surface area is 176 Å². The van der Waals surface area contributed by atoms with Gasteiger partial charge in [-0.3, -0.25) is 4.79 Å². The summed E-state index contributed by atoms with van der Waals surface area (Å²) in [6, 6.07) is 0. The zero-order chi connectivity index (χ0) is 20.8. The smallest absolute Gasteiger partial charge is 0.305 e. The van der Waals surface area contributed by atoms with Crippen LogP contribution in [0.3, 0.4) is 0 Å². The van der Waals surface area contributed by atoms with Crippen molar-refractivity contribution in [2.75, 3.05) is 13.7 Å². The third-order valence-electron chi connectivity index (χ3n) is 9.88. The molecule has 0 radical (unpaired) electrons. The van der Waals surface area contributed by atoms with E-state index < -0.39 is 0 Å². The lowest BCUT2D eigenvalue weighted by atomic mass is 9.46. The molecule has 4 aliphatic rings. The van der Waals surface area contributed by atoms with Gasteiger partial charge in [-0.15, -0.1) is 0 Å². The summed E-state index contributed by atoms with van der Waals surface area (Å²) in [6.07, 6.45) is 12.3. The molecular weight excluding hydrogens is 364 g/mol. The average Bonchev–Trinajstić information content (AvgIpc) is 3.08. The molecule has 29 heavy (non-hydrogen) atoms. The van der Waals surface area contributed by atoms with Crippen LogP contribution in [0.4, 0.5) is 0 Å². The average molecular weight is 405 g/mol. The van der Waals surface area contributed by atoms with Gasteiger partial charge in [-0.05, 0) is 92.8 Å². The quantitative estimate of drug-likeness (QED) is 0.523. The maximum Gasteiger partial charge on any atom is 0.305 e. The summed E-state index contributed by atoms with van der Waals surface area (Å²) in [5, 5.41) is 20.7. The fourth-order valence-corrected chi connectivity index (χ4v) is 8.36. The van der Waals surface area contributed by atoms with Gasteiger partial charge in [0.2, 0.25) is 0 Å². The van der Waals surface area contributed by atoms with Gasteiger partial charge in [-0.25, -0.2) is 0 Å². The van der Waals surface area contributed by atoms with Crippen LogP contribution in [0.15, 0.2) is 11.6 Å². The molecule has 164 valence electrons. The fourth-order valence-electron chi connectivity index (χ4n) is 8.36. The van der Waals surface area contributed by atoms with Crippen LogP contribution in [0.5, 0.6) is 0 Å². The van der Waals surface area contributed by atoms with Crippen molar-refractivity contribution in [3.8, 4) is 0 Å². The van der Waals surface area contributed by atoms with Crippen molar-refractivity contribution in [3.05, 3.63) is 11.6 Å². The van der Waals surface area contributed by atoms with E-state index in [1.165, 1.54) is 38.4 Å². The molecule has 4 heteroatoms. The second kappa shape index (κ2) is 8.00. The molecule has 0 aliphatic heterocycles. The van der Waals surface area contributed by atoms with E-state index in [-0.39, 0.29) is 24.1 Å². The van der Waals surface area contributed by atoms with Gasteiger partial charge in [0.1, 0.15) is 0 Å². The van der Waals surface area contributed by atoms with E-state index >= 15 is 0 Å². The lowest BCUT2D eigenvalue weighted by Gasteiger charge is -2.59. The second-order valence-corrected chi connectivity index (χ2v) is 10.9. The number of aliphatic hydroxyl groups is 2. The molecule has 0 heterocycles. The molecule has 4 rings (SSSR count). The van der Waals surface area contributed by atoms with Crippen LogP contribution in [-0.2, 0) is 9.53 Å². The molecule has 0 spiro atoms. The number of esters is 1. The van der Waals surface area contributed by atoms with E-state index in [0.29, 0.717) is 35.5 Å². The van der Waals surface area contributed by atoms with Crippen molar-refractivity contribution in [1.29, 1.82) is 0 Å². The SMILES string of the molecule is COC(=O)CC[C@@H](C)[C@H]1CC[C@H]2[C@@H]3CC=C4C[C@@H](O)CC[C@]4(CO)[C@H]3CC[C@]12C. The number of methoxy groups -OCH3 is 1. The standard InChI is InChI=1S/C25H40O4/c1-16(4-9-23(28)29-3)20-7-8-21-19-6-5-17-14-18(27)10-13-25(17,15-26)22(19)11-12-24(20,21)2/h5,16,18-22,26-27H,4,6-15H2,1-3H3/t16-,18+,19+,20-,21+,22+,24-,25-/m1/s1. The van der Waals surface area contributed by atoms with E-state index in [0.717, 1.165) is 38.0 Å². The van der Waals surface area contributed by atoms with Crippen molar-refractivity contribution in [2.45, 2.75) is 84.2 Å². The Bertz CT molecular complexity index is 657. The van der Waals surface area contributed by atoms with Crippen molar-refractivity contribution < 1.29 is 19.7 Å². The number of ether oxygens (including phenoxy) is 1. The van der Waals surface area contributed by atoms with Crippen LogP contribution in [0.2, 0.25) is 0 Å². The van der Waals surface area contributed by atoms with Gasteiger partial charge in [-0.1, -0.05) is 25.5 Å². The topological polar surface area (TPSA) is 66.8 Å². The molecule has 3 saturated carbocycles. The maximum absolute atomic E-state index is 11.6. The minimum Gasteiger partial charge on any atom is -0.469 e. The molecule has 0 bridgehead atoms. The summed E-state index contributed by atoms with van der Waals surface area (Å²) in [7, 11) is 1.48. The summed E-state index contributed by atoms with van der Waals surface area (Å²) < 4.78 is 4.86. The van der Waals surface area contributed by atoms with Crippen molar-refractivity contribution in [1.82, 2.24) is 0 Å². The summed E-state index contributed by atoms with van der Waals surface area (Å²) >= 11 is 0. The zero-order valence-corrected chi connectivity index (χ0v) is 18.5. The van der Waals surface area contributed by atoms with Crippen LogP contribution in [0.25, 0.3) is 0 Å². The Balaban J connectivity index is 1.54. The molecule has 2 N–H and O–H groups in total. The monoisotopic (exact) mass is 404 g/mol. The number of rotatable bonds is 5. The van der Waals surface area contributed by atoms with Gasteiger partial charge >= 0.3 is 5.97 Å². The number of hydrogen-bond donors (Lipinski definition) is 2. The Kier molecular flexibility index (Phi) is 5.89. The first kappa shape index (κ1) is 21.4. The van der Waals surface area contributed by atoms with Crippen LogP contribution < -0.4 is 0 Å². The Morgan fingerprint density at radius 3 is 2.76 bits per heavy atom. The van der Waals surface area contributed by atoms with Gasteiger partial charge in [0.25, 0.3) is 0 Å². The second-order valence-electron chi connectivity index (χ2n) is 10.9. The molecule has 4 aliphatic carbocycles. The molecule has 4 nitrogen and oxygen atoms in total. The highest BCUT2D eigenvalue weighted by Gasteiger charge is 2.60. The number of hydrogen-bond acceptors (Lipinski definition) is 4. The minimum atomic E-state index is -0.224. The highest BCUT2D eigenvalue weighted by Crippen LogP contribution is 2.67. The van der Waals surface area contributed by atoms with Crippen molar-refractivity contribution in [3.63, 3.8) is 0 Å². The van der Waals surface area contributed by atoms with E-state index in [1.54, 1.807) is 0 Å². The molecule has 3 fully saturated rings. The predicted octanol–water partition coefficient (Wildman–Crippen LogP) is 4.49. The summed E-state index contributed by atoms with van der Waals surface area (Å²) in [5.41, 5.74) is 1.63. The lowest BCUT2D eigenvalue weighted by Crippen LogP contribution is -2.53. The van der Waals surface area contributed by atoms with Gasteiger partial charge in [-0.2, -0.15) is 0 Å². The van der Waals surface area contributed by atoms with Gasteiger partial charge < -0.3 is 14.9 Å². The van der Waals surface area contributed by atoms with Crippen LogP contribution >= 0.6 is 0 Å². The van der Waals surface area contributed by atoms with E-state index in [2.05, 4.69) is 19.9 Å². The highest BCUT2D eigenvalue weighted by atomic mass is 16.5. The minimum absolute atomic E-state index is 0.0714. The third-order valence-corrected chi connectivity index (χ3v) is 9.88. The number of aliphatic hydroxyl groups excluding tert-OH is 2. The van der Waals surface area contributed by atoms with Crippen LogP contribution in [-0.4, -0.2) is 36.0 Å². The van der Waals surface area contributed by atoms with Crippen LogP contribution in [0.1, 0.15) is 78.1 Å². The summed E-state index contributed by atoms with van der Waals surface area (Å²) in [6.45, 7) is 5.11. The molecule has 0 aromatic rings. The Morgan fingerprint density at radius 2 is 2.03 bits per heavy atom. The third kappa shape index (κ3) is 3.39. The van der Waals surface area contributed by atoms with Gasteiger partial charge in [0.05, 0.1) is 19.8 Å². The summed E-state index contributed by atoms with van der Waals surface area (Å²) in [4.78, 5) is 11.6. The first-order valence-electron chi connectivity index (χ1n) is 11.9. The molecular formula is C25H40O4. The van der Waals surface area contributed by atoms with Gasteiger partial charge in [0, 0.05) is 11.8 Å². The van der Waals surface area contributed by atoms with Gasteiger partial charge in [0.15, 0.2) is 0 Å². The molecule has 0 amide bonds. The molecule has 0 unspecified atom stereocenters. The number of fused-ring (bicyclic) bond motifs is 5. The molecule has 0 aromatic heterocycles. The van der Waals surface area contributed by atoms with Crippen molar-refractivity contribution in [2.24, 2.45) is 40.4 Å². The number of carbonyl (C=O) groups excluding carboxylic acids is 1. The van der Waals surface area contributed by atoms with E-state index in [4.69, 9.17) is 4.74 Å². The van der Waals surface area contributed by atoms with Crippen LogP contribution in [0, 0.1) is 40.4 Å². The van der Waals surface area contributed by atoms with Crippen molar-refractivity contribution >= 4 is 5.97 Å². The molecule has 0 aromatic carbocycles. The fraction of sp³-hybridized carbons (Fsp3) is 0.880. The maximum atomic E-state index is 11.6. The highest BCUT2D eigenvalue weighted by molar-refractivity contribution is 5.69. The lowest BCUT2D eigenvalue weighted by molar-refractivity contribution is -0.141.